The Morgan fingerprint density at radius 1 is 1.12 bits per heavy atom. The van der Waals surface area contributed by atoms with E-state index in [0.29, 0.717) is 11.3 Å². The molecule has 0 aromatic heterocycles. The smallest absolute Gasteiger partial charge is 0.258 e. The summed E-state index contributed by atoms with van der Waals surface area (Å²) in [6.45, 7) is 3.87. The highest BCUT2D eigenvalue weighted by atomic mass is 32.2. The van der Waals surface area contributed by atoms with Crippen LogP contribution in [0.2, 0.25) is 0 Å². The van der Waals surface area contributed by atoms with Crippen molar-refractivity contribution >= 4 is 27.5 Å². The molecule has 6 nitrogen and oxygen atoms in total. The molecular formula is C17H20N2O4S2. The molecule has 0 unspecified atom stereocenters. The van der Waals surface area contributed by atoms with Gasteiger partial charge in [-0.05, 0) is 25.5 Å². The molecule has 0 aliphatic rings. The van der Waals surface area contributed by atoms with Crippen molar-refractivity contribution in [3.63, 3.8) is 0 Å². The van der Waals surface area contributed by atoms with Crippen LogP contribution in [0.1, 0.15) is 16.7 Å². The van der Waals surface area contributed by atoms with Crippen molar-refractivity contribution in [1.82, 2.24) is 4.72 Å². The number of nitrogens with one attached hydrogen (secondary N) is 1. The molecule has 134 valence electrons. The molecular weight excluding hydrogens is 360 g/mol. The van der Waals surface area contributed by atoms with Crippen molar-refractivity contribution < 1.29 is 13.3 Å². The third kappa shape index (κ3) is 5.55. The molecule has 2 rings (SSSR count). The van der Waals surface area contributed by atoms with Crippen LogP contribution in [0.5, 0.6) is 0 Å². The maximum absolute atomic E-state index is 12.2. The van der Waals surface area contributed by atoms with Crippen LogP contribution >= 0.6 is 11.8 Å². The quantitative estimate of drug-likeness (QED) is 0.430. The number of benzene rings is 2. The van der Waals surface area contributed by atoms with Crippen molar-refractivity contribution in [3.05, 3.63) is 69.3 Å². The molecule has 0 radical (unpaired) electrons. The van der Waals surface area contributed by atoms with Gasteiger partial charge >= 0.3 is 0 Å². The average molecular weight is 380 g/mol. The minimum absolute atomic E-state index is 0.0895. The van der Waals surface area contributed by atoms with Gasteiger partial charge in [0.2, 0.25) is 10.0 Å². The number of aryl methyl sites for hydroxylation is 2. The lowest BCUT2D eigenvalue weighted by molar-refractivity contribution is -0.385. The number of rotatable bonds is 8. The van der Waals surface area contributed by atoms with Gasteiger partial charge < -0.3 is 0 Å². The molecule has 0 fully saturated rings. The summed E-state index contributed by atoms with van der Waals surface area (Å²) in [4.78, 5) is 10.3. The van der Waals surface area contributed by atoms with Gasteiger partial charge in [-0.2, -0.15) is 11.8 Å². The van der Waals surface area contributed by atoms with Gasteiger partial charge in [0.25, 0.3) is 5.69 Å². The van der Waals surface area contributed by atoms with Crippen LogP contribution in [0, 0.1) is 24.0 Å². The predicted molar refractivity (Wildman–Crippen MR) is 100 cm³/mol. The molecule has 0 saturated carbocycles. The standard InChI is InChI=1S/C17H20N2O4S2/c1-13-3-6-15(7-4-13)12-24-10-9-18-25(22,23)16-8-5-14(2)17(11-16)19(20)21/h3-8,11,18H,9-10,12H2,1-2H3. The van der Waals surface area contributed by atoms with Crippen LogP contribution in [0.15, 0.2) is 47.4 Å². The Hall–Kier alpha value is -1.90. The van der Waals surface area contributed by atoms with Gasteiger partial charge in [-0.15, -0.1) is 0 Å². The van der Waals surface area contributed by atoms with E-state index in [-0.39, 0.29) is 17.1 Å². The largest absolute Gasteiger partial charge is 0.273 e. The first-order valence-electron chi connectivity index (χ1n) is 7.67. The summed E-state index contributed by atoms with van der Waals surface area (Å²) in [5.41, 5.74) is 2.62. The molecule has 0 amide bonds. The Bertz CT molecular complexity index is 849. The van der Waals surface area contributed by atoms with Crippen LogP contribution in [0.3, 0.4) is 0 Å². The number of nitro groups is 1. The van der Waals surface area contributed by atoms with E-state index in [1.807, 2.05) is 19.1 Å². The topological polar surface area (TPSA) is 89.3 Å². The van der Waals surface area contributed by atoms with Crippen molar-refractivity contribution in [3.8, 4) is 0 Å². The van der Waals surface area contributed by atoms with Gasteiger partial charge in [0, 0.05) is 29.7 Å². The zero-order valence-electron chi connectivity index (χ0n) is 14.1. The zero-order valence-corrected chi connectivity index (χ0v) is 15.7. The average Bonchev–Trinajstić information content (AvgIpc) is 2.56. The van der Waals surface area contributed by atoms with E-state index < -0.39 is 14.9 Å². The second-order valence-electron chi connectivity index (χ2n) is 5.64. The van der Waals surface area contributed by atoms with E-state index in [9.17, 15) is 18.5 Å². The fourth-order valence-corrected chi connectivity index (χ4v) is 4.16. The lowest BCUT2D eigenvalue weighted by Crippen LogP contribution is -2.26. The number of nitro benzene ring substituents is 1. The molecule has 25 heavy (non-hydrogen) atoms. The van der Waals surface area contributed by atoms with Crippen LogP contribution in [0.25, 0.3) is 0 Å². The van der Waals surface area contributed by atoms with Gasteiger partial charge in [0.1, 0.15) is 0 Å². The van der Waals surface area contributed by atoms with Gasteiger partial charge in [-0.3, -0.25) is 10.1 Å². The van der Waals surface area contributed by atoms with Crippen LogP contribution < -0.4 is 4.72 Å². The number of nitrogens with zero attached hydrogens (tertiary/aromatic N) is 1. The summed E-state index contributed by atoms with van der Waals surface area (Å²) < 4.78 is 27.0. The molecule has 1 N–H and O–H groups in total. The summed E-state index contributed by atoms with van der Waals surface area (Å²) in [6, 6.07) is 12.1. The van der Waals surface area contributed by atoms with E-state index in [1.54, 1.807) is 18.7 Å². The molecule has 0 saturated heterocycles. The van der Waals surface area contributed by atoms with Gasteiger partial charge in [0.15, 0.2) is 0 Å². The summed E-state index contributed by atoms with van der Waals surface area (Å²) >= 11 is 1.62. The van der Waals surface area contributed by atoms with Gasteiger partial charge in [0.05, 0.1) is 9.82 Å². The Balaban J connectivity index is 1.88. The molecule has 0 bridgehead atoms. The first kappa shape index (κ1) is 19.4. The summed E-state index contributed by atoms with van der Waals surface area (Å²) in [7, 11) is -3.75. The fourth-order valence-electron chi connectivity index (χ4n) is 2.16. The maximum atomic E-state index is 12.2. The molecule has 8 heteroatoms. The highest BCUT2D eigenvalue weighted by Crippen LogP contribution is 2.22. The Kier molecular flexibility index (Phi) is 6.57. The van der Waals surface area contributed by atoms with E-state index in [4.69, 9.17) is 0 Å². The highest BCUT2D eigenvalue weighted by molar-refractivity contribution is 7.98. The fraction of sp³-hybridized carbons (Fsp3) is 0.294. The minimum atomic E-state index is -3.75. The normalized spacial score (nSPS) is 11.4. The monoisotopic (exact) mass is 380 g/mol. The highest BCUT2D eigenvalue weighted by Gasteiger charge is 2.19. The molecule has 0 spiro atoms. The number of sulfonamides is 1. The summed E-state index contributed by atoms with van der Waals surface area (Å²) in [5.74, 6) is 1.42. The number of thioether (sulfide) groups is 1. The van der Waals surface area contributed by atoms with Crippen molar-refractivity contribution in [2.45, 2.75) is 24.5 Å². The molecule has 0 aliphatic carbocycles. The minimum Gasteiger partial charge on any atom is -0.258 e. The second-order valence-corrected chi connectivity index (χ2v) is 8.51. The molecule has 0 heterocycles. The summed E-state index contributed by atoms with van der Waals surface area (Å²) in [5, 5.41) is 10.9. The molecule has 2 aromatic rings. The van der Waals surface area contributed by atoms with Crippen molar-refractivity contribution in [2.24, 2.45) is 0 Å². The third-order valence-corrected chi connectivity index (χ3v) is 6.10. The third-order valence-electron chi connectivity index (χ3n) is 3.62. The first-order chi connectivity index (χ1) is 11.8. The zero-order chi connectivity index (χ0) is 18.4. The summed E-state index contributed by atoms with van der Waals surface area (Å²) in [6.07, 6.45) is 0. The van der Waals surface area contributed by atoms with Gasteiger partial charge in [-0.25, -0.2) is 13.1 Å². The number of hydrogen-bond donors (Lipinski definition) is 1. The van der Waals surface area contributed by atoms with Crippen LogP contribution in [-0.4, -0.2) is 25.6 Å². The van der Waals surface area contributed by atoms with Crippen LogP contribution in [0.4, 0.5) is 5.69 Å². The lowest BCUT2D eigenvalue weighted by atomic mass is 10.2. The lowest BCUT2D eigenvalue weighted by Gasteiger charge is -2.08. The van der Waals surface area contributed by atoms with E-state index in [0.717, 1.165) is 11.8 Å². The van der Waals surface area contributed by atoms with Gasteiger partial charge in [-0.1, -0.05) is 35.9 Å². The number of hydrogen-bond acceptors (Lipinski definition) is 5. The Morgan fingerprint density at radius 3 is 2.44 bits per heavy atom. The first-order valence-corrected chi connectivity index (χ1v) is 10.3. The predicted octanol–water partition coefficient (Wildman–Crippen LogP) is 3.42. The molecule has 0 aliphatic heterocycles. The van der Waals surface area contributed by atoms with Crippen LogP contribution in [-0.2, 0) is 15.8 Å². The van der Waals surface area contributed by atoms with E-state index in [1.165, 1.54) is 23.3 Å². The van der Waals surface area contributed by atoms with E-state index in [2.05, 4.69) is 16.9 Å². The maximum Gasteiger partial charge on any atom is 0.273 e. The van der Waals surface area contributed by atoms with Crippen molar-refractivity contribution in [2.75, 3.05) is 12.3 Å². The SMILES string of the molecule is Cc1ccc(CSCCNS(=O)(=O)c2ccc(C)c([N+](=O)[O-])c2)cc1. The van der Waals surface area contributed by atoms with Crippen molar-refractivity contribution in [1.29, 1.82) is 0 Å². The molecule has 2 aromatic carbocycles. The molecule has 0 atom stereocenters. The van der Waals surface area contributed by atoms with E-state index >= 15 is 0 Å². The Labute approximate surface area is 151 Å². The second kappa shape index (κ2) is 8.46. The Morgan fingerprint density at radius 2 is 1.80 bits per heavy atom.